The van der Waals surface area contributed by atoms with Crippen LogP contribution in [0.2, 0.25) is 0 Å². The predicted octanol–water partition coefficient (Wildman–Crippen LogP) is -0.213. The quantitative estimate of drug-likeness (QED) is 0.704. The Morgan fingerprint density at radius 2 is 2.15 bits per heavy atom. The lowest BCUT2D eigenvalue weighted by molar-refractivity contribution is 0.0773. The average Bonchev–Trinajstić information content (AvgIpc) is 3.36. The van der Waals surface area contributed by atoms with Gasteiger partial charge in [-0.15, -0.1) is 0 Å². The maximum absolute atomic E-state index is 12.9. The second kappa shape index (κ2) is 6.13. The van der Waals surface area contributed by atoms with Gasteiger partial charge in [-0.1, -0.05) is 5.16 Å². The molecule has 2 aliphatic rings. The molecule has 4 rings (SSSR count). The second-order valence-electron chi connectivity index (χ2n) is 7.28. The fourth-order valence-corrected chi connectivity index (χ4v) is 5.28. The van der Waals surface area contributed by atoms with Crippen molar-refractivity contribution in [1.82, 2.24) is 29.1 Å². The molecule has 0 aromatic carbocycles. The van der Waals surface area contributed by atoms with Crippen LogP contribution in [-0.4, -0.2) is 75.4 Å². The molecule has 2 fully saturated rings. The van der Waals surface area contributed by atoms with E-state index in [0.29, 0.717) is 36.9 Å². The number of amides is 1. The van der Waals surface area contributed by atoms with Crippen molar-refractivity contribution >= 4 is 15.9 Å². The smallest absolute Gasteiger partial charge is 0.257 e. The first-order valence-corrected chi connectivity index (χ1v) is 10.4. The first-order chi connectivity index (χ1) is 12.7. The predicted molar refractivity (Wildman–Crippen MR) is 94.3 cm³/mol. The van der Waals surface area contributed by atoms with E-state index in [4.69, 9.17) is 4.52 Å². The molecule has 27 heavy (non-hydrogen) atoms. The van der Waals surface area contributed by atoms with E-state index < -0.39 is 15.4 Å². The minimum atomic E-state index is -3.34. The van der Waals surface area contributed by atoms with Gasteiger partial charge in [-0.2, -0.15) is 10.1 Å². The number of hydrogen-bond donors (Lipinski definition) is 0. The molecule has 10 nitrogen and oxygen atoms in total. The monoisotopic (exact) mass is 394 g/mol. The summed E-state index contributed by atoms with van der Waals surface area (Å²) in [4.78, 5) is 19.0. The van der Waals surface area contributed by atoms with Crippen LogP contribution in [0.25, 0.3) is 0 Å². The molecular weight excluding hydrogens is 372 g/mol. The minimum absolute atomic E-state index is 0.0387. The molecule has 2 aromatic rings. The molecule has 0 bridgehead atoms. The molecule has 0 spiro atoms. The van der Waals surface area contributed by atoms with Crippen LogP contribution in [0.4, 0.5) is 0 Å². The maximum Gasteiger partial charge on any atom is 0.257 e. The van der Waals surface area contributed by atoms with E-state index in [1.807, 2.05) is 0 Å². The average molecular weight is 394 g/mol. The van der Waals surface area contributed by atoms with Crippen molar-refractivity contribution in [2.24, 2.45) is 13.0 Å². The van der Waals surface area contributed by atoms with Crippen LogP contribution < -0.4 is 0 Å². The molecule has 0 N–H and O–H groups in total. The molecule has 4 heterocycles. The molecule has 0 radical (unpaired) electrons. The van der Waals surface area contributed by atoms with Crippen molar-refractivity contribution < 1.29 is 17.7 Å². The van der Waals surface area contributed by atoms with E-state index in [0.717, 1.165) is 0 Å². The molecule has 0 unspecified atom stereocenters. The molecule has 11 heteroatoms. The minimum Gasteiger partial charge on any atom is -0.339 e. The summed E-state index contributed by atoms with van der Waals surface area (Å²) in [6, 6.07) is 0. The number of aryl methyl sites for hydroxylation is 2. The number of carbonyl (C=O) groups excluding carboxylic acids is 1. The van der Waals surface area contributed by atoms with Gasteiger partial charge in [-0.25, -0.2) is 12.7 Å². The molecular formula is C16H22N6O4S. The van der Waals surface area contributed by atoms with Crippen molar-refractivity contribution in [3.05, 3.63) is 29.7 Å². The number of aromatic nitrogens is 4. The Balaban J connectivity index is 1.67. The lowest BCUT2D eigenvalue weighted by atomic mass is 9.81. The highest BCUT2D eigenvalue weighted by Gasteiger charge is 2.59. The third-order valence-electron chi connectivity index (χ3n) is 5.53. The second-order valence-corrected chi connectivity index (χ2v) is 9.54. The van der Waals surface area contributed by atoms with Crippen LogP contribution >= 0.6 is 0 Å². The van der Waals surface area contributed by atoms with Crippen molar-refractivity contribution in [3.63, 3.8) is 0 Å². The first-order valence-electron chi connectivity index (χ1n) is 8.82. The molecule has 2 atom stereocenters. The third-order valence-corrected chi connectivity index (χ3v) is 7.32. The van der Waals surface area contributed by atoms with Crippen molar-refractivity contribution in [2.45, 2.75) is 19.3 Å². The van der Waals surface area contributed by atoms with Gasteiger partial charge in [-0.05, 0) is 13.8 Å². The summed E-state index contributed by atoms with van der Waals surface area (Å²) in [7, 11) is -1.58. The highest BCUT2D eigenvalue weighted by Crippen LogP contribution is 2.45. The summed E-state index contributed by atoms with van der Waals surface area (Å²) in [5.74, 6) is 0.710. The van der Waals surface area contributed by atoms with E-state index in [2.05, 4.69) is 15.2 Å². The summed E-state index contributed by atoms with van der Waals surface area (Å²) in [6.45, 7) is 4.71. The topological polar surface area (TPSA) is 114 Å². The van der Waals surface area contributed by atoms with Crippen LogP contribution in [-0.2, 0) is 22.5 Å². The normalized spacial score (nSPS) is 25.9. The Hall–Kier alpha value is -2.27. The third kappa shape index (κ3) is 2.85. The summed E-state index contributed by atoms with van der Waals surface area (Å²) < 4.78 is 33.4. The lowest BCUT2D eigenvalue weighted by Gasteiger charge is -2.25. The fourth-order valence-electron chi connectivity index (χ4n) is 4.08. The van der Waals surface area contributed by atoms with Gasteiger partial charge in [0.25, 0.3) is 5.91 Å². The molecule has 1 amide bonds. The molecule has 2 aromatic heterocycles. The summed E-state index contributed by atoms with van der Waals surface area (Å²) in [6.07, 6.45) is 3.21. The van der Waals surface area contributed by atoms with Gasteiger partial charge < -0.3 is 9.42 Å². The highest BCUT2D eigenvalue weighted by atomic mass is 32.2. The van der Waals surface area contributed by atoms with Crippen LogP contribution in [0.5, 0.6) is 0 Å². The molecule has 2 saturated heterocycles. The molecule has 0 aliphatic carbocycles. The number of sulfonamides is 1. The van der Waals surface area contributed by atoms with Crippen molar-refractivity contribution in [1.29, 1.82) is 0 Å². The Labute approximate surface area is 157 Å². The SMILES string of the molecule is CCS(=O)(=O)N1C[C@@H]2CN(C(=O)c3cnn(C)c3)C[C@]2(c2nc(C)no2)C1. The Morgan fingerprint density at radius 1 is 1.37 bits per heavy atom. The molecule has 2 aliphatic heterocycles. The van der Waals surface area contributed by atoms with Crippen LogP contribution in [0, 0.1) is 12.8 Å². The van der Waals surface area contributed by atoms with Crippen LogP contribution in [0.1, 0.15) is 29.0 Å². The number of fused-ring (bicyclic) bond motifs is 1. The van der Waals surface area contributed by atoms with Gasteiger partial charge >= 0.3 is 0 Å². The zero-order valence-corrected chi connectivity index (χ0v) is 16.3. The van der Waals surface area contributed by atoms with E-state index >= 15 is 0 Å². The van der Waals surface area contributed by atoms with E-state index in [-0.39, 0.29) is 24.1 Å². The van der Waals surface area contributed by atoms with Gasteiger partial charge in [-0.3, -0.25) is 9.48 Å². The van der Waals surface area contributed by atoms with Gasteiger partial charge in [0, 0.05) is 45.3 Å². The number of nitrogens with zero attached hydrogens (tertiary/aromatic N) is 6. The lowest BCUT2D eigenvalue weighted by Crippen LogP contribution is -2.41. The zero-order chi connectivity index (χ0) is 19.4. The van der Waals surface area contributed by atoms with Crippen LogP contribution in [0.3, 0.4) is 0 Å². The maximum atomic E-state index is 12.9. The standard InChI is InChI=1S/C16H22N6O4S/c1-4-27(24,25)22-8-13-7-21(14(23)12-5-17-20(3)6-12)9-16(13,10-22)15-18-11(2)19-26-15/h5-6,13H,4,7-10H2,1-3H3/t13-,16-/m0/s1. The first kappa shape index (κ1) is 18.1. The van der Waals surface area contributed by atoms with E-state index in [1.54, 1.807) is 36.7 Å². The Kier molecular flexibility index (Phi) is 4.11. The molecule has 0 saturated carbocycles. The number of hydrogen-bond acceptors (Lipinski definition) is 7. The van der Waals surface area contributed by atoms with Gasteiger partial charge in [0.2, 0.25) is 15.9 Å². The van der Waals surface area contributed by atoms with Gasteiger partial charge in [0.1, 0.15) is 0 Å². The number of likely N-dealkylation sites (tertiary alicyclic amines) is 1. The Morgan fingerprint density at radius 3 is 2.74 bits per heavy atom. The number of carbonyl (C=O) groups is 1. The summed E-state index contributed by atoms with van der Waals surface area (Å²) in [5.41, 5.74) is -0.172. The fraction of sp³-hybridized carbons (Fsp3) is 0.625. The van der Waals surface area contributed by atoms with Crippen LogP contribution in [0.15, 0.2) is 16.9 Å². The summed E-state index contributed by atoms with van der Waals surface area (Å²) in [5, 5.41) is 7.94. The van der Waals surface area contributed by atoms with Crippen molar-refractivity contribution in [3.8, 4) is 0 Å². The van der Waals surface area contributed by atoms with Crippen molar-refractivity contribution in [2.75, 3.05) is 31.9 Å². The van der Waals surface area contributed by atoms with E-state index in [1.165, 1.54) is 10.5 Å². The highest BCUT2D eigenvalue weighted by molar-refractivity contribution is 7.89. The summed E-state index contributed by atoms with van der Waals surface area (Å²) >= 11 is 0. The van der Waals surface area contributed by atoms with Gasteiger partial charge in [0.05, 0.1) is 22.9 Å². The number of rotatable bonds is 4. The van der Waals surface area contributed by atoms with E-state index in [9.17, 15) is 13.2 Å². The van der Waals surface area contributed by atoms with Gasteiger partial charge in [0.15, 0.2) is 5.82 Å². The zero-order valence-electron chi connectivity index (χ0n) is 15.5. The molecule has 146 valence electrons. The Bertz CT molecular complexity index is 983. The largest absolute Gasteiger partial charge is 0.339 e.